The van der Waals surface area contributed by atoms with E-state index in [9.17, 15) is 14.3 Å². The molecule has 1 atom stereocenters. The zero-order chi connectivity index (χ0) is 21.1. The van der Waals surface area contributed by atoms with Crippen LogP contribution in [-0.4, -0.2) is 16.1 Å². The standard InChI is InChI=1S/C25H24FNO3/c1-2-16(25(28)29)13-22-8-9-23(14-27-22)30-15-20-12-21(26)7-10-24(20)19-6-4-17-3-5-18(17)11-19/h4,6-12,14,16H,2-3,5,13,15H2,1H3,(H,28,29). The first-order valence-corrected chi connectivity index (χ1v) is 10.2. The Morgan fingerprint density at radius 2 is 1.97 bits per heavy atom. The largest absolute Gasteiger partial charge is 0.487 e. The summed E-state index contributed by atoms with van der Waals surface area (Å²) < 4.78 is 19.8. The van der Waals surface area contributed by atoms with Gasteiger partial charge in [-0.05, 0) is 71.3 Å². The van der Waals surface area contributed by atoms with Crippen molar-refractivity contribution in [1.82, 2.24) is 4.98 Å². The highest BCUT2D eigenvalue weighted by molar-refractivity contribution is 5.70. The first kappa shape index (κ1) is 20.1. The van der Waals surface area contributed by atoms with E-state index in [4.69, 9.17) is 4.74 Å². The van der Waals surface area contributed by atoms with Gasteiger partial charge >= 0.3 is 5.97 Å². The summed E-state index contributed by atoms with van der Waals surface area (Å²) in [4.78, 5) is 15.5. The number of hydrogen-bond donors (Lipinski definition) is 1. The Bertz CT molecular complexity index is 1060. The van der Waals surface area contributed by atoms with Gasteiger partial charge in [0.1, 0.15) is 18.2 Å². The van der Waals surface area contributed by atoms with Gasteiger partial charge < -0.3 is 9.84 Å². The Hall–Kier alpha value is -3.21. The molecular formula is C25H24FNO3. The Labute approximate surface area is 175 Å². The number of fused-ring (bicyclic) bond motifs is 1. The van der Waals surface area contributed by atoms with Crippen LogP contribution in [0.25, 0.3) is 11.1 Å². The molecule has 0 saturated carbocycles. The Morgan fingerprint density at radius 3 is 2.60 bits per heavy atom. The summed E-state index contributed by atoms with van der Waals surface area (Å²) in [7, 11) is 0. The van der Waals surface area contributed by atoms with Crippen LogP contribution >= 0.6 is 0 Å². The molecule has 1 heterocycles. The zero-order valence-electron chi connectivity index (χ0n) is 16.9. The maximum atomic E-state index is 13.9. The molecule has 4 nitrogen and oxygen atoms in total. The number of halogens is 1. The van der Waals surface area contributed by atoms with Crippen LogP contribution in [0.3, 0.4) is 0 Å². The molecule has 1 aliphatic rings. The minimum atomic E-state index is -0.811. The number of benzene rings is 2. The van der Waals surface area contributed by atoms with Crippen LogP contribution in [0, 0.1) is 11.7 Å². The van der Waals surface area contributed by atoms with E-state index in [1.54, 1.807) is 24.4 Å². The van der Waals surface area contributed by atoms with Crippen molar-refractivity contribution in [1.29, 1.82) is 0 Å². The summed E-state index contributed by atoms with van der Waals surface area (Å²) in [6.07, 6.45) is 4.76. The Morgan fingerprint density at radius 1 is 1.13 bits per heavy atom. The molecule has 5 heteroatoms. The van der Waals surface area contributed by atoms with Crippen molar-refractivity contribution >= 4 is 5.97 Å². The van der Waals surface area contributed by atoms with Crippen LogP contribution in [0.2, 0.25) is 0 Å². The average molecular weight is 405 g/mol. The molecule has 0 spiro atoms. The van der Waals surface area contributed by atoms with E-state index in [2.05, 4.69) is 23.2 Å². The normalized spacial score (nSPS) is 13.3. The molecule has 30 heavy (non-hydrogen) atoms. The van der Waals surface area contributed by atoms with Crippen LogP contribution in [0.15, 0.2) is 54.7 Å². The molecular weight excluding hydrogens is 381 g/mol. The second-order valence-corrected chi connectivity index (χ2v) is 7.71. The van der Waals surface area contributed by atoms with Crippen molar-refractivity contribution in [2.45, 2.75) is 39.2 Å². The number of carboxylic acid groups (broad SMARTS) is 1. The number of aromatic nitrogens is 1. The number of carbonyl (C=O) groups is 1. The molecule has 154 valence electrons. The number of hydrogen-bond acceptors (Lipinski definition) is 3. The number of aryl methyl sites for hydroxylation is 2. The third-order valence-electron chi connectivity index (χ3n) is 5.74. The molecule has 1 aliphatic carbocycles. The summed E-state index contributed by atoms with van der Waals surface area (Å²) in [5.74, 6) is -0.986. The first-order valence-electron chi connectivity index (χ1n) is 10.2. The third-order valence-corrected chi connectivity index (χ3v) is 5.74. The second-order valence-electron chi connectivity index (χ2n) is 7.71. The lowest BCUT2D eigenvalue weighted by atomic mass is 9.85. The summed E-state index contributed by atoms with van der Waals surface area (Å²) in [5.41, 5.74) is 6.26. The van der Waals surface area contributed by atoms with E-state index >= 15 is 0 Å². The number of pyridine rings is 1. The van der Waals surface area contributed by atoms with Crippen LogP contribution in [-0.2, 0) is 30.7 Å². The maximum absolute atomic E-state index is 13.9. The van der Waals surface area contributed by atoms with E-state index in [-0.39, 0.29) is 12.4 Å². The molecule has 2 aromatic carbocycles. The number of carboxylic acids is 1. The van der Waals surface area contributed by atoms with Gasteiger partial charge in [0.05, 0.1) is 12.1 Å². The van der Waals surface area contributed by atoms with E-state index in [1.165, 1.54) is 23.3 Å². The van der Waals surface area contributed by atoms with Crippen molar-refractivity contribution < 1.29 is 19.0 Å². The highest BCUT2D eigenvalue weighted by Gasteiger charge is 2.17. The molecule has 0 aliphatic heterocycles. The van der Waals surface area contributed by atoms with Gasteiger partial charge in [0.25, 0.3) is 0 Å². The average Bonchev–Trinajstić information content (AvgIpc) is 2.72. The van der Waals surface area contributed by atoms with Crippen molar-refractivity contribution in [2.75, 3.05) is 0 Å². The summed E-state index contributed by atoms with van der Waals surface area (Å²) >= 11 is 0. The van der Waals surface area contributed by atoms with E-state index in [1.807, 2.05) is 6.92 Å². The monoisotopic (exact) mass is 405 g/mol. The van der Waals surface area contributed by atoms with Gasteiger partial charge in [-0.25, -0.2) is 4.39 Å². The van der Waals surface area contributed by atoms with Crippen molar-refractivity contribution in [3.63, 3.8) is 0 Å². The van der Waals surface area contributed by atoms with Gasteiger partial charge in [-0.3, -0.25) is 9.78 Å². The Kier molecular flexibility index (Phi) is 5.79. The van der Waals surface area contributed by atoms with Gasteiger partial charge in [0.2, 0.25) is 0 Å². The van der Waals surface area contributed by atoms with Crippen LogP contribution in [0.5, 0.6) is 5.75 Å². The fourth-order valence-corrected chi connectivity index (χ4v) is 3.76. The van der Waals surface area contributed by atoms with Gasteiger partial charge in [0.15, 0.2) is 0 Å². The fourth-order valence-electron chi connectivity index (χ4n) is 3.76. The molecule has 0 radical (unpaired) electrons. The summed E-state index contributed by atoms with van der Waals surface area (Å²) in [6, 6.07) is 14.7. The summed E-state index contributed by atoms with van der Waals surface area (Å²) in [5, 5.41) is 9.19. The second kappa shape index (κ2) is 8.66. The third kappa shape index (κ3) is 4.35. The minimum absolute atomic E-state index is 0.220. The predicted molar refractivity (Wildman–Crippen MR) is 113 cm³/mol. The molecule has 1 N–H and O–H groups in total. The van der Waals surface area contributed by atoms with E-state index in [0.29, 0.717) is 24.3 Å². The highest BCUT2D eigenvalue weighted by Crippen LogP contribution is 2.31. The van der Waals surface area contributed by atoms with E-state index < -0.39 is 11.9 Å². The van der Waals surface area contributed by atoms with Gasteiger partial charge in [-0.15, -0.1) is 0 Å². The Balaban J connectivity index is 1.48. The van der Waals surface area contributed by atoms with Crippen molar-refractivity contribution in [3.8, 4) is 16.9 Å². The van der Waals surface area contributed by atoms with Crippen LogP contribution < -0.4 is 4.74 Å². The van der Waals surface area contributed by atoms with Crippen molar-refractivity contribution in [3.05, 3.63) is 82.9 Å². The van der Waals surface area contributed by atoms with Crippen molar-refractivity contribution in [2.24, 2.45) is 5.92 Å². The van der Waals surface area contributed by atoms with Crippen LogP contribution in [0.4, 0.5) is 4.39 Å². The summed E-state index contributed by atoms with van der Waals surface area (Å²) in [6.45, 7) is 2.07. The van der Waals surface area contributed by atoms with Gasteiger partial charge in [-0.1, -0.05) is 31.2 Å². The number of ether oxygens (including phenoxy) is 1. The lowest BCUT2D eigenvalue weighted by molar-refractivity contribution is -0.141. The van der Waals surface area contributed by atoms with Gasteiger partial charge in [0, 0.05) is 12.1 Å². The maximum Gasteiger partial charge on any atom is 0.306 e. The number of nitrogens with zero attached hydrogens (tertiary/aromatic N) is 1. The molecule has 1 unspecified atom stereocenters. The first-order chi connectivity index (χ1) is 14.5. The SMILES string of the molecule is CCC(Cc1ccc(OCc2cc(F)ccc2-c2ccc3c(c2)CC3)cn1)C(=O)O. The lowest BCUT2D eigenvalue weighted by Crippen LogP contribution is -2.15. The van der Waals surface area contributed by atoms with Crippen LogP contribution in [0.1, 0.15) is 35.7 Å². The molecule has 0 fully saturated rings. The number of aliphatic carboxylic acids is 1. The number of rotatable bonds is 8. The van der Waals surface area contributed by atoms with Gasteiger partial charge in [-0.2, -0.15) is 0 Å². The van der Waals surface area contributed by atoms with E-state index in [0.717, 1.165) is 29.5 Å². The molecule has 0 bridgehead atoms. The highest BCUT2D eigenvalue weighted by atomic mass is 19.1. The topological polar surface area (TPSA) is 59.4 Å². The molecule has 0 amide bonds. The fraction of sp³-hybridized carbons (Fsp3) is 0.280. The smallest absolute Gasteiger partial charge is 0.306 e. The zero-order valence-corrected chi connectivity index (χ0v) is 16.9. The molecule has 3 aromatic rings. The molecule has 0 saturated heterocycles. The predicted octanol–water partition coefficient (Wildman–Crippen LogP) is 5.22. The molecule has 4 rings (SSSR count). The molecule has 1 aromatic heterocycles. The lowest BCUT2D eigenvalue weighted by Gasteiger charge is -2.20. The quantitative estimate of drug-likeness (QED) is 0.558. The minimum Gasteiger partial charge on any atom is -0.487 e.